The van der Waals surface area contributed by atoms with Crippen LogP contribution in [0.2, 0.25) is 5.02 Å². The topological polar surface area (TPSA) is 46.6 Å². The molecule has 1 aromatic rings. The molecule has 138 valence electrons. The molecule has 1 aromatic carbocycles. The number of hydrogen-bond acceptors (Lipinski definition) is 3. The van der Waals surface area contributed by atoms with E-state index in [4.69, 9.17) is 16.3 Å². The first kappa shape index (κ1) is 19.6. The number of ketones is 1. The highest BCUT2D eigenvalue weighted by Crippen LogP contribution is 2.30. The summed E-state index contributed by atoms with van der Waals surface area (Å²) in [7, 11) is 0. The number of nitrogens with zero attached hydrogens (tertiary/aromatic N) is 1. The molecule has 7 heteroatoms. The number of carbonyl (C=O) groups excluding carboxylic acids is 2. The molecule has 1 amide bonds. The molecule has 25 heavy (non-hydrogen) atoms. The Balaban J connectivity index is 2.05. The molecule has 4 nitrogen and oxygen atoms in total. The number of amides is 1. The predicted octanol–water partition coefficient (Wildman–Crippen LogP) is 5.11. The van der Waals surface area contributed by atoms with Gasteiger partial charge in [0.25, 0.3) is 6.43 Å². The summed E-state index contributed by atoms with van der Waals surface area (Å²) < 4.78 is 31.6. The second-order valence-corrected chi connectivity index (χ2v) is 7.57. The molecule has 1 saturated heterocycles. The van der Waals surface area contributed by atoms with E-state index in [0.717, 1.165) is 0 Å². The molecular weight excluding hydrogens is 352 g/mol. The number of Topliss-reactive ketones (excluding diaryl/α,β-unsaturated/α-hetero) is 1. The molecule has 1 aliphatic heterocycles. The highest BCUT2D eigenvalue weighted by molar-refractivity contribution is 6.31. The van der Waals surface area contributed by atoms with Crippen LogP contribution in [0.25, 0.3) is 0 Å². The van der Waals surface area contributed by atoms with Crippen molar-refractivity contribution in [3.63, 3.8) is 0 Å². The standard InChI is InChI=1S/C18H22ClF2NO3/c1-18(2,3)25-17(24)22-8-6-11(7-9-22)15(23)14-10-12(19)4-5-13(14)16(20)21/h4-5,10-11,16H,6-9H2,1-3H3. The van der Waals surface area contributed by atoms with Gasteiger partial charge < -0.3 is 9.64 Å². The highest BCUT2D eigenvalue weighted by Gasteiger charge is 2.32. The van der Waals surface area contributed by atoms with Crippen LogP contribution in [0.1, 0.15) is 56.0 Å². The van der Waals surface area contributed by atoms with E-state index in [1.807, 2.05) is 0 Å². The van der Waals surface area contributed by atoms with Crippen molar-refractivity contribution in [1.82, 2.24) is 4.90 Å². The van der Waals surface area contributed by atoms with E-state index in [2.05, 4.69) is 0 Å². The largest absolute Gasteiger partial charge is 0.444 e. The summed E-state index contributed by atoms with van der Waals surface area (Å²) in [4.78, 5) is 26.2. The van der Waals surface area contributed by atoms with E-state index in [9.17, 15) is 18.4 Å². The lowest BCUT2D eigenvalue weighted by molar-refractivity contribution is 0.0182. The molecule has 0 radical (unpaired) electrons. The van der Waals surface area contributed by atoms with E-state index in [1.54, 1.807) is 25.7 Å². The zero-order valence-corrected chi connectivity index (χ0v) is 15.3. The molecule has 1 aliphatic rings. The number of benzene rings is 1. The molecule has 0 saturated carbocycles. The Morgan fingerprint density at radius 3 is 2.36 bits per heavy atom. The minimum Gasteiger partial charge on any atom is -0.444 e. The van der Waals surface area contributed by atoms with Gasteiger partial charge >= 0.3 is 6.09 Å². The van der Waals surface area contributed by atoms with Crippen LogP contribution < -0.4 is 0 Å². The van der Waals surface area contributed by atoms with Gasteiger partial charge in [0.2, 0.25) is 0 Å². The van der Waals surface area contributed by atoms with Crippen LogP contribution >= 0.6 is 11.6 Å². The van der Waals surface area contributed by atoms with E-state index < -0.39 is 24.0 Å². The zero-order chi connectivity index (χ0) is 18.8. The molecule has 2 rings (SSSR count). The monoisotopic (exact) mass is 373 g/mol. The average molecular weight is 374 g/mol. The van der Waals surface area contributed by atoms with Crippen LogP contribution in [0.5, 0.6) is 0 Å². The predicted molar refractivity (Wildman–Crippen MR) is 91.3 cm³/mol. The molecule has 0 aromatic heterocycles. The van der Waals surface area contributed by atoms with Gasteiger partial charge in [0.15, 0.2) is 5.78 Å². The van der Waals surface area contributed by atoms with Crippen LogP contribution in [0, 0.1) is 5.92 Å². The number of rotatable bonds is 3. The number of hydrogen-bond donors (Lipinski definition) is 0. The summed E-state index contributed by atoms with van der Waals surface area (Å²) >= 11 is 5.86. The lowest BCUT2D eigenvalue weighted by Crippen LogP contribution is -2.43. The molecule has 0 N–H and O–H groups in total. The van der Waals surface area contributed by atoms with Gasteiger partial charge in [0.1, 0.15) is 5.60 Å². The number of carbonyl (C=O) groups is 2. The smallest absolute Gasteiger partial charge is 0.410 e. The Bertz CT molecular complexity index is 650. The number of halogens is 3. The van der Waals surface area contributed by atoms with Crippen molar-refractivity contribution in [2.45, 2.75) is 45.6 Å². The van der Waals surface area contributed by atoms with E-state index in [-0.39, 0.29) is 21.9 Å². The minimum atomic E-state index is -2.74. The summed E-state index contributed by atoms with van der Waals surface area (Å²) in [5.41, 5.74) is -0.918. The molecule has 1 heterocycles. The number of ether oxygens (including phenoxy) is 1. The van der Waals surface area contributed by atoms with Crippen LogP contribution in [0.3, 0.4) is 0 Å². The van der Waals surface area contributed by atoms with E-state index in [1.165, 1.54) is 18.2 Å². The fraction of sp³-hybridized carbons (Fsp3) is 0.556. The van der Waals surface area contributed by atoms with Gasteiger partial charge in [-0.25, -0.2) is 13.6 Å². The van der Waals surface area contributed by atoms with Crippen LogP contribution in [0.15, 0.2) is 18.2 Å². The SMILES string of the molecule is CC(C)(C)OC(=O)N1CCC(C(=O)c2cc(Cl)ccc2C(F)F)CC1. The van der Waals surface area contributed by atoms with E-state index >= 15 is 0 Å². The molecular formula is C18H22ClF2NO3. The lowest BCUT2D eigenvalue weighted by atomic mass is 9.87. The van der Waals surface area contributed by atoms with Crippen molar-refractivity contribution in [2.24, 2.45) is 5.92 Å². The fourth-order valence-corrected chi connectivity index (χ4v) is 2.97. The number of alkyl halides is 2. The first-order chi connectivity index (χ1) is 11.6. The van der Waals surface area contributed by atoms with Crippen LogP contribution in [0.4, 0.5) is 13.6 Å². The van der Waals surface area contributed by atoms with Crippen LogP contribution in [-0.4, -0.2) is 35.5 Å². The number of piperidine rings is 1. The van der Waals surface area contributed by atoms with Crippen LogP contribution in [-0.2, 0) is 4.74 Å². The van der Waals surface area contributed by atoms with Crippen molar-refractivity contribution in [3.8, 4) is 0 Å². The maximum absolute atomic E-state index is 13.1. The normalized spacial score (nSPS) is 16.2. The van der Waals surface area contributed by atoms with Crippen molar-refractivity contribution in [2.75, 3.05) is 13.1 Å². The van der Waals surface area contributed by atoms with Gasteiger partial charge in [-0.1, -0.05) is 17.7 Å². The highest BCUT2D eigenvalue weighted by atomic mass is 35.5. The first-order valence-electron chi connectivity index (χ1n) is 8.18. The summed E-state index contributed by atoms with van der Waals surface area (Å²) in [6.45, 7) is 6.07. The zero-order valence-electron chi connectivity index (χ0n) is 14.5. The third-order valence-corrected chi connectivity index (χ3v) is 4.27. The Labute approximate surface area is 151 Å². The second-order valence-electron chi connectivity index (χ2n) is 7.14. The summed E-state index contributed by atoms with van der Waals surface area (Å²) in [6.07, 6.45) is -2.34. The average Bonchev–Trinajstić information content (AvgIpc) is 2.52. The second kappa shape index (κ2) is 7.68. The molecule has 0 bridgehead atoms. The quantitative estimate of drug-likeness (QED) is 0.692. The van der Waals surface area contributed by atoms with Crippen molar-refractivity contribution in [1.29, 1.82) is 0 Å². The molecule has 0 atom stereocenters. The van der Waals surface area contributed by atoms with Gasteiger partial charge in [-0.2, -0.15) is 0 Å². The third kappa shape index (κ3) is 5.14. The Hall–Kier alpha value is -1.69. The first-order valence-corrected chi connectivity index (χ1v) is 8.56. The van der Waals surface area contributed by atoms with Gasteiger partial charge in [-0.15, -0.1) is 0 Å². The Kier molecular flexibility index (Phi) is 6.03. The maximum Gasteiger partial charge on any atom is 0.410 e. The van der Waals surface area contributed by atoms with Crippen molar-refractivity contribution >= 4 is 23.5 Å². The summed E-state index contributed by atoms with van der Waals surface area (Å²) in [6, 6.07) is 3.84. The maximum atomic E-state index is 13.1. The third-order valence-electron chi connectivity index (χ3n) is 4.03. The fourth-order valence-electron chi connectivity index (χ4n) is 2.80. The summed E-state index contributed by atoms with van der Waals surface area (Å²) in [5.74, 6) is -0.753. The minimum absolute atomic E-state index is 0.0294. The number of likely N-dealkylation sites (tertiary alicyclic amines) is 1. The van der Waals surface area contributed by atoms with Gasteiger partial charge in [-0.05, 0) is 45.7 Å². The van der Waals surface area contributed by atoms with Gasteiger partial charge in [-0.3, -0.25) is 4.79 Å². The molecule has 0 aliphatic carbocycles. The molecule has 1 fully saturated rings. The Morgan fingerprint density at radius 2 is 1.84 bits per heavy atom. The van der Waals surface area contributed by atoms with Crippen molar-refractivity contribution in [3.05, 3.63) is 34.3 Å². The van der Waals surface area contributed by atoms with Crippen molar-refractivity contribution < 1.29 is 23.1 Å². The molecule has 0 unspecified atom stereocenters. The van der Waals surface area contributed by atoms with Gasteiger partial charge in [0.05, 0.1) is 0 Å². The van der Waals surface area contributed by atoms with Gasteiger partial charge in [0, 0.05) is 35.2 Å². The summed E-state index contributed by atoms with van der Waals surface area (Å²) in [5, 5.41) is 0.249. The molecule has 0 spiro atoms. The lowest BCUT2D eigenvalue weighted by Gasteiger charge is -2.33. The Morgan fingerprint density at radius 1 is 1.24 bits per heavy atom. The van der Waals surface area contributed by atoms with E-state index in [0.29, 0.717) is 25.9 Å².